The van der Waals surface area contributed by atoms with Gasteiger partial charge in [-0.05, 0) is 18.9 Å². The SMILES string of the molecule is CC(C)C(=O)N1CCCC(NC(=O)c2ccncc2Cl)C1. The van der Waals surface area contributed by atoms with E-state index in [-0.39, 0.29) is 23.8 Å². The Kier molecular flexibility index (Phi) is 5.17. The van der Waals surface area contributed by atoms with Crippen molar-refractivity contribution in [3.8, 4) is 0 Å². The minimum absolute atomic E-state index is 0.0194. The van der Waals surface area contributed by atoms with Crippen LogP contribution < -0.4 is 5.32 Å². The van der Waals surface area contributed by atoms with Crippen molar-refractivity contribution in [3.63, 3.8) is 0 Å². The number of hydrogen-bond donors (Lipinski definition) is 1. The highest BCUT2D eigenvalue weighted by Crippen LogP contribution is 2.16. The molecule has 1 fully saturated rings. The first-order valence-electron chi connectivity index (χ1n) is 7.18. The Bertz CT molecular complexity index is 533. The zero-order chi connectivity index (χ0) is 15.4. The van der Waals surface area contributed by atoms with Crippen LogP contribution in [-0.2, 0) is 4.79 Å². The molecular formula is C15H20ClN3O2. The molecule has 0 spiro atoms. The Morgan fingerprint density at radius 2 is 2.24 bits per heavy atom. The van der Waals surface area contributed by atoms with Gasteiger partial charge >= 0.3 is 0 Å². The first-order valence-corrected chi connectivity index (χ1v) is 7.56. The Morgan fingerprint density at radius 1 is 1.48 bits per heavy atom. The third kappa shape index (κ3) is 3.94. The van der Waals surface area contributed by atoms with Gasteiger partial charge in [-0.2, -0.15) is 0 Å². The van der Waals surface area contributed by atoms with E-state index in [9.17, 15) is 9.59 Å². The molecule has 6 heteroatoms. The number of nitrogens with one attached hydrogen (secondary N) is 1. The summed E-state index contributed by atoms with van der Waals surface area (Å²) in [5, 5.41) is 3.29. The van der Waals surface area contributed by atoms with Crippen LogP contribution in [0.2, 0.25) is 5.02 Å². The van der Waals surface area contributed by atoms with E-state index in [1.54, 1.807) is 6.07 Å². The van der Waals surface area contributed by atoms with Crippen LogP contribution in [0.5, 0.6) is 0 Å². The molecular weight excluding hydrogens is 290 g/mol. The molecule has 0 aromatic carbocycles. The number of nitrogens with zero attached hydrogens (tertiary/aromatic N) is 2. The molecule has 1 saturated heterocycles. The van der Waals surface area contributed by atoms with Gasteiger partial charge in [-0.1, -0.05) is 25.4 Å². The average molecular weight is 310 g/mol. The molecule has 1 aromatic heterocycles. The molecule has 2 heterocycles. The quantitative estimate of drug-likeness (QED) is 0.930. The number of hydrogen-bond acceptors (Lipinski definition) is 3. The topological polar surface area (TPSA) is 62.3 Å². The maximum Gasteiger partial charge on any atom is 0.253 e. The molecule has 2 rings (SSSR count). The van der Waals surface area contributed by atoms with Gasteiger partial charge in [-0.25, -0.2) is 0 Å². The molecule has 114 valence electrons. The van der Waals surface area contributed by atoms with Crippen molar-refractivity contribution in [1.29, 1.82) is 0 Å². The number of amides is 2. The van der Waals surface area contributed by atoms with E-state index in [1.165, 1.54) is 12.4 Å². The van der Waals surface area contributed by atoms with Gasteiger partial charge in [0.1, 0.15) is 0 Å². The van der Waals surface area contributed by atoms with Crippen molar-refractivity contribution in [3.05, 3.63) is 29.0 Å². The van der Waals surface area contributed by atoms with E-state index in [2.05, 4.69) is 10.3 Å². The van der Waals surface area contributed by atoms with Crippen molar-refractivity contribution in [2.75, 3.05) is 13.1 Å². The van der Waals surface area contributed by atoms with Gasteiger partial charge in [0, 0.05) is 37.4 Å². The summed E-state index contributed by atoms with van der Waals surface area (Å²) in [6.07, 6.45) is 4.76. The predicted molar refractivity (Wildman–Crippen MR) is 81.2 cm³/mol. The second-order valence-electron chi connectivity index (χ2n) is 5.61. The van der Waals surface area contributed by atoms with E-state index in [0.29, 0.717) is 17.1 Å². The molecule has 0 bridgehead atoms. The van der Waals surface area contributed by atoms with Crippen LogP contribution in [0.3, 0.4) is 0 Å². The maximum atomic E-state index is 12.2. The van der Waals surface area contributed by atoms with Crippen LogP contribution in [0, 0.1) is 5.92 Å². The fourth-order valence-corrected chi connectivity index (χ4v) is 2.69. The highest BCUT2D eigenvalue weighted by Gasteiger charge is 2.26. The van der Waals surface area contributed by atoms with Gasteiger partial charge < -0.3 is 10.2 Å². The molecule has 2 amide bonds. The number of halogens is 1. The second-order valence-corrected chi connectivity index (χ2v) is 6.01. The summed E-state index contributed by atoms with van der Waals surface area (Å²) in [5.74, 6) is -0.101. The Morgan fingerprint density at radius 3 is 2.90 bits per heavy atom. The molecule has 0 aliphatic carbocycles. The maximum absolute atomic E-state index is 12.2. The number of carbonyl (C=O) groups is 2. The zero-order valence-corrected chi connectivity index (χ0v) is 13.1. The number of rotatable bonds is 3. The van der Waals surface area contributed by atoms with Crippen molar-refractivity contribution in [1.82, 2.24) is 15.2 Å². The highest BCUT2D eigenvalue weighted by atomic mass is 35.5. The molecule has 1 atom stereocenters. The first-order chi connectivity index (χ1) is 9.99. The van der Waals surface area contributed by atoms with Crippen molar-refractivity contribution >= 4 is 23.4 Å². The van der Waals surface area contributed by atoms with Gasteiger partial charge in [0.2, 0.25) is 5.91 Å². The minimum Gasteiger partial charge on any atom is -0.347 e. The molecule has 21 heavy (non-hydrogen) atoms. The van der Waals surface area contributed by atoms with Crippen LogP contribution in [0.4, 0.5) is 0 Å². The lowest BCUT2D eigenvalue weighted by molar-refractivity contribution is -0.135. The van der Waals surface area contributed by atoms with E-state index in [1.807, 2.05) is 18.7 Å². The lowest BCUT2D eigenvalue weighted by Crippen LogP contribution is -2.50. The first kappa shape index (κ1) is 15.8. The van der Waals surface area contributed by atoms with E-state index in [4.69, 9.17) is 11.6 Å². The third-order valence-electron chi connectivity index (χ3n) is 3.58. The molecule has 0 saturated carbocycles. The minimum atomic E-state index is -0.216. The second kappa shape index (κ2) is 6.89. The Balaban J connectivity index is 1.98. The molecule has 1 aliphatic heterocycles. The fraction of sp³-hybridized carbons (Fsp3) is 0.533. The summed E-state index contributed by atoms with van der Waals surface area (Å²) in [4.78, 5) is 29.9. The monoisotopic (exact) mass is 309 g/mol. The van der Waals surface area contributed by atoms with Crippen molar-refractivity contribution < 1.29 is 9.59 Å². The average Bonchev–Trinajstić information content (AvgIpc) is 2.47. The number of aromatic nitrogens is 1. The van der Waals surface area contributed by atoms with Crippen molar-refractivity contribution in [2.24, 2.45) is 5.92 Å². The van der Waals surface area contributed by atoms with E-state index >= 15 is 0 Å². The molecule has 1 unspecified atom stereocenters. The van der Waals surface area contributed by atoms with Gasteiger partial charge in [0.15, 0.2) is 0 Å². The van der Waals surface area contributed by atoms with Crippen LogP contribution in [0.15, 0.2) is 18.5 Å². The summed E-state index contributed by atoms with van der Waals surface area (Å²) in [5.41, 5.74) is 0.416. The summed E-state index contributed by atoms with van der Waals surface area (Å²) in [6.45, 7) is 5.10. The van der Waals surface area contributed by atoms with Gasteiger partial charge in [-0.3, -0.25) is 14.6 Å². The lowest BCUT2D eigenvalue weighted by Gasteiger charge is -2.34. The number of pyridine rings is 1. The molecule has 1 N–H and O–H groups in total. The summed E-state index contributed by atoms with van der Waals surface area (Å²) in [7, 11) is 0. The molecule has 0 radical (unpaired) electrons. The highest BCUT2D eigenvalue weighted by molar-refractivity contribution is 6.33. The van der Waals surface area contributed by atoms with Gasteiger partial charge in [0.05, 0.1) is 10.6 Å². The van der Waals surface area contributed by atoms with Gasteiger partial charge in [0.25, 0.3) is 5.91 Å². The van der Waals surface area contributed by atoms with Crippen molar-refractivity contribution in [2.45, 2.75) is 32.7 Å². The molecule has 1 aliphatic rings. The largest absolute Gasteiger partial charge is 0.347 e. The number of likely N-dealkylation sites (tertiary alicyclic amines) is 1. The smallest absolute Gasteiger partial charge is 0.253 e. The molecule has 1 aromatic rings. The summed E-state index contributed by atoms with van der Waals surface area (Å²) in [6, 6.07) is 1.57. The van der Waals surface area contributed by atoms with Gasteiger partial charge in [-0.15, -0.1) is 0 Å². The summed E-state index contributed by atoms with van der Waals surface area (Å²) < 4.78 is 0. The normalized spacial score (nSPS) is 18.7. The van der Waals surface area contributed by atoms with Crippen LogP contribution in [-0.4, -0.2) is 40.8 Å². The predicted octanol–water partition coefficient (Wildman–Crippen LogP) is 2.11. The number of piperidine rings is 1. The zero-order valence-electron chi connectivity index (χ0n) is 12.3. The lowest BCUT2D eigenvalue weighted by atomic mass is 10.0. The van der Waals surface area contributed by atoms with Crippen LogP contribution in [0.1, 0.15) is 37.0 Å². The fourth-order valence-electron chi connectivity index (χ4n) is 2.48. The molecule has 5 nitrogen and oxygen atoms in total. The van der Waals surface area contributed by atoms with E-state index in [0.717, 1.165) is 19.4 Å². The van der Waals surface area contributed by atoms with Crippen LogP contribution in [0.25, 0.3) is 0 Å². The Hall–Kier alpha value is -1.62. The summed E-state index contributed by atoms with van der Waals surface area (Å²) >= 11 is 5.97. The third-order valence-corrected chi connectivity index (χ3v) is 3.88. The standard InChI is InChI=1S/C15H20ClN3O2/c1-10(2)15(21)19-7-3-4-11(9-19)18-14(20)12-5-6-17-8-13(12)16/h5-6,8,10-11H,3-4,7,9H2,1-2H3,(H,18,20). The van der Waals surface area contributed by atoms with Crippen LogP contribution >= 0.6 is 11.6 Å². The van der Waals surface area contributed by atoms with E-state index < -0.39 is 0 Å². The number of carbonyl (C=O) groups excluding carboxylic acids is 2. The Labute approximate surface area is 129 Å².